The van der Waals surface area contributed by atoms with E-state index in [1.807, 2.05) is 24.3 Å². The van der Waals surface area contributed by atoms with E-state index in [2.05, 4.69) is 47.6 Å². The van der Waals surface area contributed by atoms with Crippen LogP contribution in [0.2, 0.25) is 0 Å². The Morgan fingerprint density at radius 3 is 2.90 bits per heavy atom. The van der Waals surface area contributed by atoms with Gasteiger partial charge in [0, 0.05) is 30.8 Å². The molecule has 1 saturated heterocycles. The number of benzene rings is 2. The first-order chi connectivity index (χ1) is 15.0. The summed E-state index contributed by atoms with van der Waals surface area (Å²) in [6, 6.07) is 16.7. The second kappa shape index (κ2) is 9.45. The van der Waals surface area contributed by atoms with Crippen LogP contribution in [0.3, 0.4) is 0 Å². The number of carbonyl (C=O) groups is 1. The number of nitrogens with one attached hydrogen (secondary N) is 1. The zero-order valence-corrected chi connectivity index (χ0v) is 18.2. The lowest BCUT2D eigenvalue weighted by Crippen LogP contribution is -2.38. The number of rotatable bonds is 6. The van der Waals surface area contributed by atoms with Crippen molar-refractivity contribution in [2.45, 2.75) is 32.7 Å². The van der Waals surface area contributed by atoms with E-state index in [1.54, 1.807) is 11.6 Å². The lowest BCUT2D eigenvalue weighted by atomic mass is 10.0. The molecule has 0 bridgehead atoms. The highest BCUT2D eigenvalue weighted by molar-refractivity contribution is 5.91. The van der Waals surface area contributed by atoms with Gasteiger partial charge in [-0.2, -0.15) is 0 Å². The van der Waals surface area contributed by atoms with Crippen LogP contribution >= 0.6 is 0 Å². The van der Waals surface area contributed by atoms with Crippen molar-refractivity contribution < 1.29 is 10.0 Å². The number of piperidine rings is 1. The van der Waals surface area contributed by atoms with Crippen LogP contribution < -0.4 is 5.48 Å². The molecule has 162 valence electrons. The van der Waals surface area contributed by atoms with E-state index in [0.29, 0.717) is 12.0 Å². The summed E-state index contributed by atoms with van der Waals surface area (Å²) in [4.78, 5) is 18.9. The van der Waals surface area contributed by atoms with Gasteiger partial charge >= 0.3 is 0 Å². The molecule has 1 aromatic heterocycles. The Morgan fingerprint density at radius 1 is 1.26 bits per heavy atom. The van der Waals surface area contributed by atoms with E-state index in [-0.39, 0.29) is 0 Å². The predicted octanol–water partition coefficient (Wildman–Crippen LogP) is 4.51. The van der Waals surface area contributed by atoms with E-state index in [4.69, 9.17) is 10.2 Å². The number of carbonyl (C=O) groups excluding carboxylic acids is 1. The highest BCUT2D eigenvalue weighted by Crippen LogP contribution is 2.33. The quantitative estimate of drug-likeness (QED) is 0.351. The number of likely N-dealkylation sites (tertiary alicyclic amines) is 1. The Balaban J connectivity index is 1.74. The molecule has 2 heterocycles. The van der Waals surface area contributed by atoms with Gasteiger partial charge in [-0.15, -0.1) is 0 Å². The molecule has 1 fully saturated rings. The molecular weight excluding hydrogens is 388 g/mol. The molecule has 2 N–H and O–H groups in total. The van der Waals surface area contributed by atoms with Gasteiger partial charge in [-0.05, 0) is 55.1 Å². The normalized spacial score (nSPS) is 17.6. The standard InChI is InChI=1S/C25H30N4O2/c1-18(2)16-28-14-6-9-21(17-28)29-23-11-4-3-10-22(23)26-25(29)20-8-5-7-19(15-20)12-13-24(30)27-31/h3-5,7-8,10-13,15,18,21,31H,6,9,14,16-17H2,1-2H3,(H,27,30). The summed E-state index contributed by atoms with van der Waals surface area (Å²) in [6.07, 6.45) is 5.32. The van der Waals surface area contributed by atoms with Crippen molar-refractivity contribution in [3.05, 3.63) is 60.2 Å². The Bertz CT molecular complexity index is 1090. The van der Waals surface area contributed by atoms with Crippen molar-refractivity contribution in [2.75, 3.05) is 19.6 Å². The Hall–Kier alpha value is -2.96. The van der Waals surface area contributed by atoms with Crippen molar-refractivity contribution in [1.29, 1.82) is 0 Å². The van der Waals surface area contributed by atoms with Gasteiger partial charge in [0.15, 0.2) is 0 Å². The van der Waals surface area contributed by atoms with Crippen LogP contribution in [0.5, 0.6) is 0 Å². The van der Waals surface area contributed by atoms with Crippen LogP contribution in [0.4, 0.5) is 0 Å². The average Bonchev–Trinajstić information content (AvgIpc) is 3.17. The molecule has 1 unspecified atom stereocenters. The van der Waals surface area contributed by atoms with Gasteiger partial charge in [-0.1, -0.05) is 44.2 Å². The number of nitrogens with zero attached hydrogens (tertiary/aromatic N) is 3. The van der Waals surface area contributed by atoms with Crippen molar-refractivity contribution in [3.8, 4) is 11.4 Å². The van der Waals surface area contributed by atoms with Gasteiger partial charge in [0.25, 0.3) is 5.91 Å². The molecule has 0 aliphatic carbocycles. The van der Waals surface area contributed by atoms with Crippen molar-refractivity contribution in [2.24, 2.45) is 5.92 Å². The molecule has 1 aliphatic rings. The lowest BCUT2D eigenvalue weighted by molar-refractivity contribution is -0.124. The molecule has 1 aliphatic heterocycles. The summed E-state index contributed by atoms with van der Waals surface area (Å²) in [6.45, 7) is 7.85. The van der Waals surface area contributed by atoms with E-state index < -0.39 is 5.91 Å². The minimum absolute atomic E-state index is 0.370. The van der Waals surface area contributed by atoms with Crippen LogP contribution in [-0.2, 0) is 4.79 Å². The van der Waals surface area contributed by atoms with Crippen LogP contribution in [0.25, 0.3) is 28.5 Å². The van der Waals surface area contributed by atoms with Crippen molar-refractivity contribution in [1.82, 2.24) is 19.9 Å². The summed E-state index contributed by atoms with van der Waals surface area (Å²) in [5, 5.41) is 8.71. The number of aromatic nitrogens is 2. The molecule has 0 spiro atoms. The van der Waals surface area contributed by atoms with Gasteiger partial charge in [-0.3, -0.25) is 10.0 Å². The number of hydrogen-bond acceptors (Lipinski definition) is 4. The topological polar surface area (TPSA) is 70.4 Å². The number of hydrogen-bond donors (Lipinski definition) is 2. The number of amides is 1. The first kappa shape index (κ1) is 21.3. The smallest absolute Gasteiger partial charge is 0.267 e. The van der Waals surface area contributed by atoms with E-state index in [1.165, 1.54) is 12.5 Å². The molecule has 31 heavy (non-hydrogen) atoms. The van der Waals surface area contributed by atoms with Gasteiger partial charge in [-0.25, -0.2) is 10.5 Å². The molecule has 4 rings (SSSR count). The fourth-order valence-corrected chi connectivity index (χ4v) is 4.53. The molecule has 1 amide bonds. The molecule has 3 aromatic rings. The minimum Gasteiger partial charge on any atom is -0.320 e. The lowest BCUT2D eigenvalue weighted by Gasteiger charge is -2.35. The highest BCUT2D eigenvalue weighted by Gasteiger charge is 2.26. The molecular formula is C25H30N4O2. The highest BCUT2D eigenvalue weighted by atomic mass is 16.5. The maximum Gasteiger partial charge on any atom is 0.267 e. The third-order valence-electron chi connectivity index (χ3n) is 5.75. The Kier molecular flexibility index (Phi) is 6.49. The summed E-state index contributed by atoms with van der Waals surface area (Å²) in [5.41, 5.74) is 5.68. The van der Waals surface area contributed by atoms with Gasteiger partial charge in [0.2, 0.25) is 0 Å². The molecule has 0 saturated carbocycles. The first-order valence-electron chi connectivity index (χ1n) is 11.0. The van der Waals surface area contributed by atoms with E-state index >= 15 is 0 Å². The monoisotopic (exact) mass is 418 g/mol. The average molecular weight is 419 g/mol. The Labute approximate surface area is 183 Å². The fraction of sp³-hybridized carbons (Fsp3) is 0.360. The summed E-state index contributed by atoms with van der Waals surface area (Å²) in [5.74, 6) is 1.06. The molecule has 6 nitrogen and oxygen atoms in total. The van der Waals surface area contributed by atoms with Crippen LogP contribution in [0.1, 0.15) is 38.3 Å². The summed E-state index contributed by atoms with van der Waals surface area (Å²) in [7, 11) is 0. The van der Waals surface area contributed by atoms with Gasteiger partial charge in [0.1, 0.15) is 5.82 Å². The SMILES string of the molecule is CC(C)CN1CCCC(n2c(-c3cccc(C=CC(=O)NO)c3)nc3ccccc32)C1. The van der Waals surface area contributed by atoms with Crippen molar-refractivity contribution >= 4 is 23.0 Å². The van der Waals surface area contributed by atoms with E-state index in [9.17, 15) is 4.79 Å². The second-order valence-electron chi connectivity index (χ2n) is 8.68. The van der Waals surface area contributed by atoms with Gasteiger partial charge in [0.05, 0.1) is 11.0 Å². The van der Waals surface area contributed by atoms with E-state index in [0.717, 1.165) is 54.0 Å². The predicted molar refractivity (Wildman–Crippen MR) is 124 cm³/mol. The summed E-state index contributed by atoms with van der Waals surface area (Å²) >= 11 is 0. The molecule has 0 radical (unpaired) electrons. The van der Waals surface area contributed by atoms with Crippen molar-refractivity contribution in [3.63, 3.8) is 0 Å². The number of fused-ring (bicyclic) bond motifs is 1. The Morgan fingerprint density at radius 2 is 2.10 bits per heavy atom. The minimum atomic E-state index is -0.551. The third kappa shape index (κ3) is 4.86. The summed E-state index contributed by atoms with van der Waals surface area (Å²) < 4.78 is 2.41. The first-order valence-corrected chi connectivity index (χ1v) is 11.0. The van der Waals surface area contributed by atoms with Crippen LogP contribution in [-0.4, -0.2) is 45.2 Å². The fourth-order valence-electron chi connectivity index (χ4n) is 4.53. The molecule has 1 atom stereocenters. The maximum absolute atomic E-state index is 11.4. The number of para-hydroxylation sites is 2. The van der Waals surface area contributed by atoms with Crippen LogP contribution in [0.15, 0.2) is 54.6 Å². The largest absolute Gasteiger partial charge is 0.320 e. The van der Waals surface area contributed by atoms with Crippen LogP contribution in [0, 0.1) is 5.92 Å². The maximum atomic E-state index is 11.4. The second-order valence-corrected chi connectivity index (χ2v) is 8.68. The third-order valence-corrected chi connectivity index (χ3v) is 5.75. The van der Waals surface area contributed by atoms with Gasteiger partial charge < -0.3 is 9.47 Å². The zero-order valence-electron chi connectivity index (χ0n) is 18.2. The molecule has 6 heteroatoms. The zero-order chi connectivity index (χ0) is 21.8. The number of imidazole rings is 1. The molecule has 2 aromatic carbocycles. The number of hydroxylamine groups is 1.